The molecule has 4 nitrogen and oxygen atoms in total. The van der Waals surface area contributed by atoms with Gasteiger partial charge in [0, 0.05) is 17.1 Å². The molecule has 28 heavy (non-hydrogen) atoms. The second-order valence-electron chi connectivity index (χ2n) is 8.12. The molecule has 2 unspecified atom stereocenters. The van der Waals surface area contributed by atoms with E-state index in [2.05, 4.69) is 48.7 Å². The minimum atomic E-state index is -0.728. The van der Waals surface area contributed by atoms with E-state index in [1.54, 1.807) is 0 Å². The fourth-order valence-corrected chi connectivity index (χ4v) is 4.33. The maximum absolute atomic E-state index is 11.6. The number of ether oxygens (including phenoxy) is 1. The summed E-state index contributed by atoms with van der Waals surface area (Å²) in [5.41, 5.74) is 4.77. The molecule has 0 radical (unpaired) electrons. The third-order valence-corrected chi connectivity index (χ3v) is 5.88. The molecular formula is C24H27NO3. The van der Waals surface area contributed by atoms with Crippen LogP contribution in [-0.4, -0.2) is 15.6 Å². The first-order chi connectivity index (χ1) is 13.5. The van der Waals surface area contributed by atoms with Crippen LogP contribution in [-0.2, 0) is 17.8 Å². The number of carboxylic acids is 1. The van der Waals surface area contributed by atoms with Gasteiger partial charge in [-0.2, -0.15) is 0 Å². The first kappa shape index (κ1) is 18.6. The second-order valence-corrected chi connectivity index (χ2v) is 8.12. The van der Waals surface area contributed by atoms with E-state index in [9.17, 15) is 9.90 Å². The fourth-order valence-electron chi connectivity index (χ4n) is 4.33. The highest BCUT2D eigenvalue weighted by molar-refractivity contribution is 5.87. The normalized spacial score (nSPS) is 17.1. The van der Waals surface area contributed by atoms with Gasteiger partial charge in [-0.3, -0.25) is 4.79 Å². The molecule has 1 aliphatic rings. The van der Waals surface area contributed by atoms with E-state index in [4.69, 9.17) is 4.74 Å². The van der Waals surface area contributed by atoms with Crippen LogP contribution in [0.25, 0.3) is 10.9 Å². The van der Waals surface area contributed by atoms with Gasteiger partial charge in [0.15, 0.2) is 0 Å². The molecular weight excluding hydrogens is 350 g/mol. The van der Waals surface area contributed by atoms with Gasteiger partial charge in [-0.1, -0.05) is 44.2 Å². The van der Waals surface area contributed by atoms with Crippen molar-refractivity contribution in [3.05, 3.63) is 65.4 Å². The summed E-state index contributed by atoms with van der Waals surface area (Å²) < 4.78 is 8.38. The molecule has 4 rings (SSSR count). The monoisotopic (exact) mass is 377 g/mol. The molecule has 3 aromatic rings. The minimum Gasteiger partial charge on any atom is -0.489 e. The second kappa shape index (κ2) is 7.34. The molecule has 0 bridgehead atoms. The molecule has 1 aromatic heterocycles. The maximum atomic E-state index is 11.6. The zero-order valence-electron chi connectivity index (χ0n) is 16.7. The summed E-state index contributed by atoms with van der Waals surface area (Å²) in [5, 5.41) is 10.7. The predicted molar refractivity (Wildman–Crippen MR) is 111 cm³/mol. The molecule has 146 valence electrons. The summed E-state index contributed by atoms with van der Waals surface area (Å²) in [4.78, 5) is 11.6. The Morgan fingerprint density at radius 1 is 1.18 bits per heavy atom. The van der Waals surface area contributed by atoms with Gasteiger partial charge in [-0.25, -0.2) is 0 Å². The Morgan fingerprint density at radius 3 is 2.61 bits per heavy atom. The Labute approximate surface area is 165 Å². The Hall–Kier alpha value is -2.75. The fraction of sp³-hybridized carbons (Fsp3) is 0.375. The van der Waals surface area contributed by atoms with Gasteiger partial charge >= 0.3 is 5.97 Å². The highest BCUT2D eigenvalue weighted by atomic mass is 16.5. The number of nitrogens with zero attached hydrogens (tertiary/aromatic N) is 1. The SMILES string of the molecule is CC(C)c1cc(OCc2ccccc2)cc2cc3n(c12)C(C(C)C(=O)O)CC3. The zero-order chi connectivity index (χ0) is 19.8. The average molecular weight is 377 g/mol. The van der Waals surface area contributed by atoms with Crippen molar-refractivity contribution in [1.29, 1.82) is 0 Å². The Balaban J connectivity index is 1.74. The summed E-state index contributed by atoms with van der Waals surface area (Å²) in [6, 6.07) is 16.6. The first-order valence-electron chi connectivity index (χ1n) is 10.0. The highest BCUT2D eigenvalue weighted by Gasteiger charge is 2.33. The quantitative estimate of drug-likeness (QED) is 0.612. The third kappa shape index (κ3) is 3.28. The highest BCUT2D eigenvalue weighted by Crippen LogP contribution is 2.41. The Kier molecular flexibility index (Phi) is 4.88. The zero-order valence-corrected chi connectivity index (χ0v) is 16.7. The van der Waals surface area contributed by atoms with Crippen molar-refractivity contribution in [2.75, 3.05) is 0 Å². The molecule has 0 fully saturated rings. The van der Waals surface area contributed by atoms with Crippen molar-refractivity contribution >= 4 is 16.9 Å². The van der Waals surface area contributed by atoms with E-state index in [0.29, 0.717) is 12.5 Å². The van der Waals surface area contributed by atoms with Crippen LogP contribution in [0.3, 0.4) is 0 Å². The van der Waals surface area contributed by atoms with Crippen LogP contribution in [0.2, 0.25) is 0 Å². The smallest absolute Gasteiger partial charge is 0.308 e. The van der Waals surface area contributed by atoms with Crippen molar-refractivity contribution in [3.63, 3.8) is 0 Å². The molecule has 4 heteroatoms. The van der Waals surface area contributed by atoms with Crippen molar-refractivity contribution in [1.82, 2.24) is 4.57 Å². The number of fused-ring (bicyclic) bond motifs is 3. The van der Waals surface area contributed by atoms with Crippen LogP contribution in [0.15, 0.2) is 48.5 Å². The lowest BCUT2D eigenvalue weighted by molar-refractivity contribution is -0.142. The van der Waals surface area contributed by atoms with Gasteiger partial charge in [0.1, 0.15) is 12.4 Å². The number of rotatable bonds is 6. The number of aliphatic carboxylic acids is 1. The van der Waals surface area contributed by atoms with Gasteiger partial charge in [-0.15, -0.1) is 0 Å². The van der Waals surface area contributed by atoms with Gasteiger partial charge in [0.05, 0.1) is 11.4 Å². The van der Waals surface area contributed by atoms with Gasteiger partial charge in [0.2, 0.25) is 0 Å². The summed E-state index contributed by atoms with van der Waals surface area (Å²) in [6.07, 6.45) is 1.82. The molecule has 2 heterocycles. The first-order valence-corrected chi connectivity index (χ1v) is 10.0. The van der Waals surface area contributed by atoms with E-state index < -0.39 is 11.9 Å². The number of hydrogen-bond acceptors (Lipinski definition) is 2. The van der Waals surface area contributed by atoms with Crippen LogP contribution in [0, 0.1) is 5.92 Å². The molecule has 0 spiro atoms. The van der Waals surface area contributed by atoms with E-state index in [1.165, 1.54) is 16.8 Å². The standard InChI is InChI=1S/C24H27NO3/c1-15(2)21-13-20(28-14-17-7-5-4-6-8-17)12-18-11-19-9-10-22(16(3)24(26)27)25(19)23(18)21/h4-8,11-13,15-16,22H,9-10,14H2,1-3H3,(H,26,27). The topological polar surface area (TPSA) is 51.5 Å². The molecule has 0 saturated heterocycles. The van der Waals surface area contributed by atoms with Crippen LogP contribution in [0.5, 0.6) is 5.75 Å². The van der Waals surface area contributed by atoms with Crippen molar-refractivity contribution in [2.45, 2.75) is 52.2 Å². The summed E-state index contributed by atoms with van der Waals surface area (Å²) in [5.74, 6) is 0.0646. The molecule has 1 N–H and O–H groups in total. The average Bonchev–Trinajstić information content (AvgIpc) is 3.24. The predicted octanol–water partition coefficient (Wildman–Crippen LogP) is 5.55. The third-order valence-electron chi connectivity index (χ3n) is 5.88. The summed E-state index contributed by atoms with van der Waals surface area (Å²) in [7, 11) is 0. The number of hydrogen-bond donors (Lipinski definition) is 1. The molecule has 0 aliphatic carbocycles. The number of aromatic nitrogens is 1. The van der Waals surface area contributed by atoms with Crippen molar-refractivity contribution < 1.29 is 14.6 Å². The summed E-state index contributed by atoms with van der Waals surface area (Å²) in [6.45, 7) is 6.72. The van der Waals surface area contributed by atoms with E-state index in [-0.39, 0.29) is 6.04 Å². The minimum absolute atomic E-state index is 0.0126. The van der Waals surface area contributed by atoms with Crippen molar-refractivity contribution in [2.24, 2.45) is 5.92 Å². The lowest BCUT2D eigenvalue weighted by atomic mass is 9.96. The molecule has 2 aromatic carbocycles. The number of benzene rings is 2. The van der Waals surface area contributed by atoms with Gasteiger partial charge in [-0.05, 0) is 55.0 Å². The number of carbonyl (C=O) groups is 1. The van der Waals surface area contributed by atoms with Crippen molar-refractivity contribution in [3.8, 4) is 5.75 Å². The number of aryl methyl sites for hydroxylation is 1. The molecule has 0 amide bonds. The van der Waals surface area contributed by atoms with Gasteiger partial charge < -0.3 is 14.4 Å². The van der Waals surface area contributed by atoms with Crippen LogP contribution < -0.4 is 4.74 Å². The maximum Gasteiger partial charge on any atom is 0.308 e. The van der Waals surface area contributed by atoms with Crippen LogP contribution in [0.4, 0.5) is 0 Å². The van der Waals surface area contributed by atoms with E-state index in [0.717, 1.165) is 29.5 Å². The number of carboxylic acid groups (broad SMARTS) is 1. The Morgan fingerprint density at radius 2 is 1.93 bits per heavy atom. The molecule has 0 saturated carbocycles. The van der Waals surface area contributed by atoms with Gasteiger partial charge in [0.25, 0.3) is 0 Å². The lowest BCUT2D eigenvalue weighted by Crippen LogP contribution is -2.21. The molecule has 2 atom stereocenters. The lowest BCUT2D eigenvalue weighted by Gasteiger charge is -2.22. The van der Waals surface area contributed by atoms with Crippen LogP contribution in [0.1, 0.15) is 56.0 Å². The molecule has 1 aliphatic heterocycles. The summed E-state index contributed by atoms with van der Waals surface area (Å²) >= 11 is 0. The van der Waals surface area contributed by atoms with Crippen LogP contribution >= 0.6 is 0 Å². The van der Waals surface area contributed by atoms with E-state index in [1.807, 2.05) is 25.1 Å². The largest absolute Gasteiger partial charge is 0.489 e. The van der Waals surface area contributed by atoms with E-state index >= 15 is 0 Å². The Bertz CT molecular complexity index is 1000.